The number of imidazole rings is 1. The molecule has 0 fully saturated rings. The summed E-state index contributed by atoms with van der Waals surface area (Å²) < 4.78 is 10.9. The molecule has 9 nitrogen and oxygen atoms in total. The van der Waals surface area contributed by atoms with Crippen molar-refractivity contribution in [2.24, 2.45) is 5.92 Å². The number of nitrogen functional groups attached to an aromatic ring is 1. The van der Waals surface area contributed by atoms with Gasteiger partial charge in [0.2, 0.25) is 5.95 Å². The molecule has 0 amide bonds. The number of ether oxygens (including phenoxy) is 2. The van der Waals surface area contributed by atoms with Crippen LogP contribution in [0.4, 0.5) is 5.95 Å². The number of methoxy groups -OCH3 is 2. The van der Waals surface area contributed by atoms with Gasteiger partial charge in [0.15, 0.2) is 11.6 Å². The zero-order chi connectivity index (χ0) is 15.4. The Bertz CT molecular complexity index is 653. The van der Waals surface area contributed by atoms with Gasteiger partial charge in [0.1, 0.15) is 5.52 Å². The maximum absolute atomic E-state index is 11.6. The molecule has 112 valence electrons. The highest BCUT2D eigenvalue weighted by atomic mass is 16.5. The van der Waals surface area contributed by atoms with Gasteiger partial charge in [-0.2, -0.15) is 4.98 Å². The zero-order valence-corrected chi connectivity index (χ0v) is 11.6. The molecule has 0 atom stereocenters. The van der Waals surface area contributed by atoms with Gasteiger partial charge >= 0.3 is 11.9 Å². The van der Waals surface area contributed by atoms with E-state index in [1.54, 1.807) is 10.9 Å². The summed E-state index contributed by atoms with van der Waals surface area (Å²) in [7, 11) is 2.44. The van der Waals surface area contributed by atoms with Crippen molar-refractivity contribution in [1.82, 2.24) is 19.5 Å². The smallest absolute Gasteiger partial charge is 0.320 e. The molecule has 2 rings (SSSR count). The molecule has 0 aromatic carbocycles. The van der Waals surface area contributed by atoms with Crippen LogP contribution in [0.25, 0.3) is 11.2 Å². The number of rotatable bonds is 5. The van der Waals surface area contributed by atoms with Crippen molar-refractivity contribution in [3.8, 4) is 0 Å². The Morgan fingerprint density at radius 1 is 1.29 bits per heavy atom. The van der Waals surface area contributed by atoms with Gasteiger partial charge in [-0.1, -0.05) is 0 Å². The van der Waals surface area contributed by atoms with Gasteiger partial charge in [-0.05, 0) is 6.42 Å². The lowest BCUT2D eigenvalue weighted by Gasteiger charge is -2.12. The molecule has 0 aliphatic carbocycles. The first kappa shape index (κ1) is 14.7. The average Bonchev–Trinajstić information content (AvgIpc) is 2.89. The van der Waals surface area contributed by atoms with E-state index >= 15 is 0 Å². The molecule has 21 heavy (non-hydrogen) atoms. The van der Waals surface area contributed by atoms with Crippen molar-refractivity contribution in [3.63, 3.8) is 0 Å². The number of carbonyl (C=O) groups is 2. The summed E-state index contributed by atoms with van der Waals surface area (Å²) in [4.78, 5) is 35.2. The van der Waals surface area contributed by atoms with Gasteiger partial charge in [0, 0.05) is 6.54 Å². The summed E-state index contributed by atoms with van der Waals surface area (Å²) in [5.74, 6) is -2.14. The maximum Gasteiger partial charge on any atom is 0.320 e. The van der Waals surface area contributed by atoms with Crippen LogP contribution < -0.4 is 5.73 Å². The minimum Gasteiger partial charge on any atom is -0.468 e. The Hall–Kier alpha value is -2.71. The number of esters is 2. The molecule has 0 aliphatic heterocycles. The number of fused-ring (bicyclic) bond motifs is 1. The van der Waals surface area contributed by atoms with E-state index in [1.165, 1.54) is 20.4 Å². The predicted molar refractivity (Wildman–Crippen MR) is 71.9 cm³/mol. The molecular weight excluding hydrogens is 278 g/mol. The van der Waals surface area contributed by atoms with Crippen molar-refractivity contribution in [2.75, 3.05) is 20.0 Å². The minimum atomic E-state index is -0.989. The van der Waals surface area contributed by atoms with Crippen LogP contribution in [0, 0.1) is 5.92 Å². The fourth-order valence-corrected chi connectivity index (χ4v) is 1.92. The largest absolute Gasteiger partial charge is 0.468 e. The quantitative estimate of drug-likeness (QED) is 0.592. The first-order chi connectivity index (χ1) is 10.1. The fourth-order valence-electron chi connectivity index (χ4n) is 1.92. The highest BCUT2D eigenvalue weighted by Crippen LogP contribution is 2.14. The molecule has 2 aromatic rings. The molecule has 0 bridgehead atoms. The van der Waals surface area contributed by atoms with Crippen LogP contribution in [0.2, 0.25) is 0 Å². The highest BCUT2D eigenvalue weighted by Gasteiger charge is 2.28. The Balaban J connectivity index is 2.17. The second-order valence-electron chi connectivity index (χ2n) is 4.26. The van der Waals surface area contributed by atoms with Crippen molar-refractivity contribution in [3.05, 3.63) is 12.5 Å². The molecule has 0 unspecified atom stereocenters. The Kier molecular flexibility index (Phi) is 4.31. The lowest BCUT2D eigenvalue weighted by atomic mass is 10.1. The lowest BCUT2D eigenvalue weighted by molar-refractivity contribution is -0.159. The van der Waals surface area contributed by atoms with Crippen molar-refractivity contribution in [2.45, 2.75) is 13.0 Å². The molecule has 0 saturated carbocycles. The Morgan fingerprint density at radius 2 is 1.95 bits per heavy atom. The van der Waals surface area contributed by atoms with Crippen LogP contribution >= 0.6 is 0 Å². The number of nitrogens with two attached hydrogens (primary N) is 1. The third kappa shape index (κ3) is 3.07. The normalized spacial score (nSPS) is 10.8. The number of aromatic nitrogens is 4. The van der Waals surface area contributed by atoms with Crippen LogP contribution in [0.5, 0.6) is 0 Å². The minimum absolute atomic E-state index is 0.127. The van der Waals surface area contributed by atoms with Crippen molar-refractivity contribution < 1.29 is 19.1 Å². The van der Waals surface area contributed by atoms with Crippen LogP contribution in [0.3, 0.4) is 0 Å². The number of aryl methyl sites for hydroxylation is 1. The second-order valence-corrected chi connectivity index (χ2v) is 4.26. The molecule has 2 aromatic heterocycles. The summed E-state index contributed by atoms with van der Waals surface area (Å²) in [6.45, 7) is 0.335. The molecule has 2 N–H and O–H groups in total. The fraction of sp³-hybridized carbons (Fsp3) is 0.417. The first-order valence-corrected chi connectivity index (χ1v) is 6.15. The summed E-state index contributed by atoms with van der Waals surface area (Å²) in [5.41, 5.74) is 6.65. The molecule has 2 heterocycles. The van der Waals surface area contributed by atoms with Gasteiger partial charge in [-0.15, -0.1) is 0 Å². The number of carbonyl (C=O) groups excluding carboxylic acids is 2. The number of hydrogen-bond donors (Lipinski definition) is 1. The van der Waals surface area contributed by atoms with E-state index in [0.29, 0.717) is 17.7 Å². The van der Waals surface area contributed by atoms with E-state index < -0.39 is 17.9 Å². The topological polar surface area (TPSA) is 122 Å². The molecule has 0 spiro atoms. The van der Waals surface area contributed by atoms with Gasteiger partial charge < -0.3 is 19.8 Å². The SMILES string of the molecule is COC(=O)C(CCn1cnc2cnc(N)nc21)C(=O)OC. The number of hydrogen-bond acceptors (Lipinski definition) is 8. The van der Waals surface area contributed by atoms with Gasteiger partial charge in [-0.25, -0.2) is 9.97 Å². The predicted octanol–water partition coefficient (Wildman–Crippen LogP) is -0.239. The van der Waals surface area contributed by atoms with Gasteiger partial charge in [0.05, 0.1) is 26.7 Å². The maximum atomic E-state index is 11.6. The Morgan fingerprint density at radius 3 is 2.57 bits per heavy atom. The molecule has 9 heteroatoms. The van der Waals surface area contributed by atoms with Crippen LogP contribution in [-0.4, -0.2) is 45.7 Å². The van der Waals surface area contributed by atoms with E-state index in [9.17, 15) is 9.59 Å². The van der Waals surface area contributed by atoms with Gasteiger partial charge in [-0.3, -0.25) is 9.59 Å². The van der Waals surface area contributed by atoms with Crippen LogP contribution in [0.1, 0.15) is 6.42 Å². The monoisotopic (exact) mass is 293 g/mol. The average molecular weight is 293 g/mol. The van der Waals surface area contributed by atoms with E-state index in [1.807, 2.05) is 0 Å². The lowest BCUT2D eigenvalue weighted by Crippen LogP contribution is -2.27. The highest BCUT2D eigenvalue weighted by molar-refractivity contribution is 5.94. The number of anilines is 1. The standard InChI is InChI=1S/C12H15N5O4/c1-20-10(18)7(11(19)21-2)3-4-17-6-15-8-5-14-12(13)16-9(8)17/h5-7H,3-4H2,1-2H3,(H2,13,14,16). The van der Waals surface area contributed by atoms with Crippen molar-refractivity contribution >= 4 is 29.1 Å². The summed E-state index contributed by atoms with van der Waals surface area (Å²) in [6.07, 6.45) is 3.26. The third-order valence-electron chi connectivity index (χ3n) is 3.01. The molecule has 0 aliphatic rings. The van der Waals surface area contributed by atoms with Crippen LogP contribution in [-0.2, 0) is 25.6 Å². The van der Waals surface area contributed by atoms with Crippen LogP contribution in [0.15, 0.2) is 12.5 Å². The summed E-state index contributed by atoms with van der Waals surface area (Å²) >= 11 is 0. The Labute approximate surface area is 120 Å². The molecule has 0 radical (unpaired) electrons. The number of nitrogens with zero attached hydrogens (tertiary/aromatic N) is 4. The summed E-state index contributed by atoms with van der Waals surface area (Å²) in [6, 6.07) is 0. The molecular formula is C12H15N5O4. The second kappa shape index (κ2) is 6.16. The van der Waals surface area contributed by atoms with Gasteiger partial charge in [0.25, 0.3) is 0 Å². The summed E-state index contributed by atoms with van der Waals surface area (Å²) in [5, 5.41) is 0. The third-order valence-corrected chi connectivity index (χ3v) is 3.01. The van der Waals surface area contributed by atoms with E-state index in [-0.39, 0.29) is 12.4 Å². The zero-order valence-electron chi connectivity index (χ0n) is 11.6. The van der Waals surface area contributed by atoms with E-state index in [0.717, 1.165) is 0 Å². The first-order valence-electron chi connectivity index (χ1n) is 6.15. The van der Waals surface area contributed by atoms with E-state index in [2.05, 4.69) is 24.4 Å². The molecule has 0 saturated heterocycles. The van der Waals surface area contributed by atoms with E-state index in [4.69, 9.17) is 5.73 Å². The van der Waals surface area contributed by atoms with Crippen molar-refractivity contribution in [1.29, 1.82) is 0 Å².